The summed E-state index contributed by atoms with van der Waals surface area (Å²) in [6.45, 7) is 3.55. The van der Waals surface area contributed by atoms with Crippen LogP contribution in [0.15, 0.2) is 54.6 Å². The van der Waals surface area contributed by atoms with Crippen molar-refractivity contribution in [3.05, 3.63) is 65.7 Å². The van der Waals surface area contributed by atoms with Gasteiger partial charge in [-0.15, -0.1) is 0 Å². The average molecular weight is 511 g/mol. The maximum atomic E-state index is 13.4. The molecule has 3 atom stereocenters. The number of benzene rings is 2. The first-order chi connectivity index (χ1) is 17.7. The molecule has 0 unspecified atom stereocenters. The highest BCUT2D eigenvalue weighted by molar-refractivity contribution is 5.94. The second-order valence-corrected chi connectivity index (χ2v) is 8.94. The Hall–Kier alpha value is -3.92. The molecule has 10 nitrogen and oxygen atoms in total. The number of phenols is 1. The molecule has 198 valence electrons. The summed E-state index contributed by atoms with van der Waals surface area (Å²) in [5.74, 6) is -1.65. The van der Waals surface area contributed by atoms with Crippen LogP contribution in [0.3, 0.4) is 0 Å². The number of ether oxygens (including phenoxy) is 1. The molecule has 0 saturated carbocycles. The van der Waals surface area contributed by atoms with E-state index in [1.807, 2.05) is 30.3 Å². The number of nitrogens with one attached hydrogen (secondary N) is 1. The van der Waals surface area contributed by atoms with Gasteiger partial charge in [-0.2, -0.15) is 0 Å². The second kappa shape index (κ2) is 12.9. The summed E-state index contributed by atoms with van der Waals surface area (Å²) in [7, 11) is 0. The van der Waals surface area contributed by atoms with E-state index in [0.29, 0.717) is 0 Å². The Morgan fingerprint density at radius 2 is 1.70 bits per heavy atom. The normalized spacial score (nSPS) is 17.2. The number of nitrogens with zero attached hydrogens (tertiary/aromatic N) is 2. The van der Waals surface area contributed by atoms with E-state index >= 15 is 0 Å². The minimum Gasteiger partial charge on any atom is -0.508 e. The summed E-state index contributed by atoms with van der Waals surface area (Å²) in [5, 5.41) is 12.0. The van der Waals surface area contributed by atoms with Gasteiger partial charge >= 0.3 is 5.97 Å². The fourth-order valence-corrected chi connectivity index (χ4v) is 4.36. The minimum absolute atomic E-state index is 0.121. The molecular weight excluding hydrogens is 476 g/mol. The standard InChI is InChI=1S/C27H34N4O6/c1-3-37-24(33)17-29-25(34)23(16-19-7-5-4-6-8-19)31-14-13-30(18(2)26(31)35)27(36)22(28)15-20-9-11-21(32)12-10-20/h4-12,18,22-23,32H,3,13-17,28H2,1-2H3,(H,29,34)/t18-,22-,23-/m0/s1. The molecule has 0 radical (unpaired) electrons. The molecule has 1 fully saturated rings. The first-order valence-electron chi connectivity index (χ1n) is 12.3. The molecule has 10 heteroatoms. The van der Waals surface area contributed by atoms with Crippen molar-refractivity contribution in [1.29, 1.82) is 0 Å². The maximum Gasteiger partial charge on any atom is 0.325 e. The second-order valence-electron chi connectivity index (χ2n) is 8.94. The number of carbonyl (C=O) groups excluding carboxylic acids is 4. The third kappa shape index (κ3) is 7.29. The van der Waals surface area contributed by atoms with E-state index in [-0.39, 0.29) is 56.6 Å². The van der Waals surface area contributed by atoms with Crippen LogP contribution < -0.4 is 11.1 Å². The van der Waals surface area contributed by atoms with E-state index < -0.39 is 30.0 Å². The first kappa shape index (κ1) is 27.7. The van der Waals surface area contributed by atoms with Gasteiger partial charge in [0.05, 0.1) is 12.6 Å². The largest absolute Gasteiger partial charge is 0.508 e. The van der Waals surface area contributed by atoms with Crippen molar-refractivity contribution in [2.75, 3.05) is 26.2 Å². The number of hydrogen-bond donors (Lipinski definition) is 3. The zero-order valence-electron chi connectivity index (χ0n) is 21.1. The van der Waals surface area contributed by atoms with E-state index in [1.54, 1.807) is 26.0 Å². The summed E-state index contributed by atoms with van der Waals surface area (Å²) in [6.07, 6.45) is 0.509. The van der Waals surface area contributed by atoms with E-state index in [1.165, 1.54) is 21.9 Å². The van der Waals surface area contributed by atoms with Crippen molar-refractivity contribution < 1.29 is 29.0 Å². The zero-order valence-corrected chi connectivity index (χ0v) is 21.1. The van der Waals surface area contributed by atoms with E-state index in [9.17, 15) is 24.3 Å². The molecule has 3 rings (SSSR count). The number of piperazine rings is 1. The van der Waals surface area contributed by atoms with Crippen LogP contribution in [-0.2, 0) is 36.8 Å². The molecule has 0 aromatic heterocycles. The fraction of sp³-hybridized carbons (Fsp3) is 0.407. The molecule has 1 heterocycles. The van der Waals surface area contributed by atoms with Crippen LogP contribution in [0.1, 0.15) is 25.0 Å². The lowest BCUT2D eigenvalue weighted by Gasteiger charge is -2.43. The predicted octanol–water partition coefficient (Wildman–Crippen LogP) is 0.612. The van der Waals surface area contributed by atoms with Crippen molar-refractivity contribution in [2.45, 2.75) is 44.8 Å². The Labute approximate surface area is 216 Å². The summed E-state index contributed by atoms with van der Waals surface area (Å²) in [5.41, 5.74) is 7.82. The highest BCUT2D eigenvalue weighted by atomic mass is 16.5. The summed E-state index contributed by atoms with van der Waals surface area (Å²) in [4.78, 5) is 54.3. The van der Waals surface area contributed by atoms with Crippen molar-refractivity contribution in [3.63, 3.8) is 0 Å². The summed E-state index contributed by atoms with van der Waals surface area (Å²) < 4.78 is 4.88. The topological polar surface area (TPSA) is 142 Å². The number of esters is 1. The molecule has 37 heavy (non-hydrogen) atoms. The molecule has 1 aliphatic rings. The van der Waals surface area contributed by atoms with Crippen molar-refractivity contribution in [3.8, 4) is 5.75 Å². The Morgan fingerprint density at radius 1 is 1.05 bits per heavy atom. The quantitative estimate of drug-likeness (QED) is 0.398. The maximum absolute atomic E-state index is 13.4. The van der Waals surface area contributed by atoms with Gasteiger partial charge in [0.2, 0.25) is 17.7 Å². The zero-order chi connectivity index (χ0) is 26.9. The molecule has 0 aliphatic carbocycles. The smallest absolute Gasteiger partial charge is 0.325 e. The lowest BCUT2D eigenvalue weighted by molar-refractivity contribution is -0.155. The van der Waals surface area contributed by atoms with Gasteiger partial charge < -0.3 is 30.7 Å². The van der Waals surface area contributed by atoms with Crippen molar-refractivity contribution in [1.82, 2.24) is 15.1 Å². The monoisotopic (exact) mass is 510 g/mol. The number of rotatable bonds is 10. The molecule has 0 bridgehead atoms. The average Bonchev–Trinajstić information content (AvgIpc) is 2.89. The fourth-order valence-electron chi connectivity index (χ4n) is 4.36. The molecule has 2 aromatic carbocycles. The number of hydrogen-bond acceptors (Lipinski definition) is 7. The van der Waals surface area contributed by atoms with Crippen LogP contribution in [-0.4, -0.2) is 83.0 Å². The lowest BCUT2D eigenvalue weighted by Crippen LogP contribution is -2.64. The van der Waals surface area contributed by atoms with Gasteiger partial charge in [-0.25, -0.2) is 0 Å². The third-order valence-corrected chi connectivity index (χ3v) is 6.35. The Balaban J connectivity index is 1.71. The third-order valence-electron chi connectivity index (χ3n) is 6.35. The molecule has 3 amide bonds. The molecule has 4 N–H and O–H groups in total. The Kier molecular flexibility index (Phi) is 9.62. The highest BCUT2D eigenvalue weighted by Gasteiger charge is 2.40. The minimum atomic E-state index is -0.866. The number of aromatic hydroxyl groups is 1. The SMILES string of the molecule is CCOC(=O)CNC(=O)[C@H](Cc1ccccc1)N1CCN(C(=O)[C@@H](N)Cc2ccc(O)cc2)[C@@H](C)C1=O. The van der Waals surface area contributed by atoms with Gasteiger partial charge in [0.25, 0.3) is 0 Å². The summed E-state index contributed by atoms with van der Waals surface area (Å²) in [6, 6.07) is 13.2. The van der Waals surface area contributed by atoms with Crippen LogP contribution in [0.4, 0.5) is 0 Å². The molecule has 2 aromatic rings. The van der Waals surface area contributed by atoms with Crippen LogP contribution in [0.2, 0.25) is 0 Å². The van der Waals surface area contributed by atoms with Crippen LogP contribution >= 0.6 is 0 Å². The van der Waals surface area contributed by atoms with Gasteiger partial charge in [0, 0.05) is 19.5 Å². The first-order valence-corrected chi connectivity index (χ1v) is 12.3. The van der Waals surface area contributed by atoms with Crippen LogP contribution in [0.5, 0.6) is 5.75 Å². The number of amides is 3. The lowest BCUT2D eigenvalue weighted by atomic mass is 10.00. The van der Waals surface area contributed by atoms with Gasteiger partial charge in [-0.1, -0.05) is 42.5 Å². The van der Waals surface area contributed by atoms with Crippen molar-refractivity contribution in [2.24, 2.45) is 5.73 Å². The van der Waals surface area contributed by atoms with E-state index in [4.69, 9.17) is 10.5 Å². The van der Waals surface area contributed by atoms with Gasteiger partial charge in [0.1, 0.15) is 24.4 Å². The molecule has 0 spiro atoms. The summed E-state index contributed by atoms with van der Waals surface area (Å²) >= 11 is 0. The van der Waals surface area contributed by atoms with Gasteiger partial charge in [0.15, 0.2) is 0 Å². The number of phenolic OH excluding ortho intramolecular Hbond substituents is 1. The Morgan fingerprint density at radius 3 is 2.35 bits per heavy atom. The van der Waals surface area contributed by atoms with Crippen molar-refractivity contribution >= 4 is 23.7 Å². The van der Waals surface area contributed by atoms with Gasteiger partial charge in [-0.3, -0.25) is 19.2 Å². The predicted molar refractivity (Wildman–Crippen MR) is 136 cm³/mol. The molecular formula is C27H34N4O6. The number of nitrogens with two attached hydrogens (primary N) is 1. The van der Waals surface area contributed by atoms with E-state index in [2.05, 4.69) is 5.32 Å². The van der Waals surface area contributed by atoms with Crippen LogP contribution in [0.25, 0.3) is 0 Å². The van der Waals surface area contributed by atoms with Crippen LogP contribution in [0, 0.1) is 0 Å². The Bertz CT molecular complexity index is 1090. The van der Waals surface area contributed by atoms with Gasteiger partial charge in [-0.05, 0) is 43.5 Å². The number of carbonyl (C=O) groups is 4. The molecule has 1 aliphatic heterocycles. The van der Waals surface area contributed by atoms with E-state index in [0.717, 1.165) is 11.1 Å². The highest BCUT2D eigenvalue weighted by Crippen LogP contribution is 2.19. The molecule has 1 saturated heterocycles.